The molecule has 0 aliphatic rings. The van der Waals surface area contributed by atoms with Gasteiger partial charge < -0.3 is 19.0 Å². The van der Waals surface area contributed by atoms with Crippen LogP contribution in [0.4, 0.5) is 0 Å². The summed E-state index contributed by atoms with van der Waals surface area (Å²) in [6.07, 6.45) is -1.19. The molecule has 6 heteroatoms. The summed E-state index contributed by atoms with van der Waals surface area (Å²) in [6, 6.07) is 13.6. The summed E-state index contributed by atoms with van der Waals surface area (Å²) in [6.45, 7) is 1.36. The van der Waals surface area contributed by atoms with Crippen LogP contribution >= 0.6 is 0 Å². The van der Waals surface area contributed by atoms with Gasteiger partial charge in [-0.25, -0.2) is 4.79 Å². The van der Waals surface area contributed by atoms with E-state index in [2.05, 4.69) is 0 Å². The van der Waals surface area contributed by atoms with Crippen molar-refractivity contribution < 1.29 is 23.8 Å². The fourth-order valence-corrected chi connectivity index (χ4v) is 2.39. The molecule has 1 heterocycles. The van der Waals surface area contributed by atoms with Crippen LogP contribution in [0.25, 0.3) is 22.3 Å². The van der Waals surface area contributed by atoms with Crippen molar-refractivity contribution in [2.75, 3.05) is 7.11 Å². The number of fused-ring (bicyclic) bond motifs is 1. The second-order valence-corrected chi connectivity index (χ2v) is 5.41. The van der Waals surface area contributed by atoms with Gasteiger partial charge in [-0.2, -0.15) is 0 Å². The lowest BCUT2D eigenvalue weighted by molar-refractivity contribution is -0.144. The van der Waals surface area contributed by atoms with E-state index in [4.69, 9.17) is 19.0 Å². The van der Waals surface area contributed by atoms with Crippen LogP contribution in [0.2, 0.25) is 0 Å². The largest absolute Gasteiger partial charge is 0.497 e. The molecule has 128 valence electrons. The molecule has 0 aliphatic heterocycles. The Hall–Kier alpha value is -3.28. The SMILES string of the molecule is COc1ccc(-c2oc3ccccc3c(=O)c2OC(C)C(=O)O)cc1. The van der Waals surface area contributed by atoms with E-state index in [-0.39, 0.29) is 11.5 Å². The van der Waals surface area contributed by atoms with Crippen LogP contribution in [-0.2, 0) is 4.79 Å². The van der Waals surface area contributed by atoms with E-state index in [0.29, 0.717) is 22.3 Å². The Balaban J connectivity index is 2.23. The first-order chi connectivity index (χ1) is 12.0. The lowest BCUT2D eigenvalue weighted by Crippen LogP contribution is -2.26. The molecule has 0 amide bonds. The van der Waals surface area contributed by atoms with E-state index in [1.807, 2.05) is 0 Å². The van der Waals surface area contributed by atoms with E-state index >= 15 is 0 Å². The molecule has 0 fully saturated rings. The number of carboxylic acids is 1. The normalized spacial score (nSPS) is 11.9. The first-order valence-electron chi connectivity index (χ1n) is 7.61. The van der Waals surface area contributed by atoms with E-state index < -0.39 is 17.5 Å². The molecule has 0 spiro atoms. The lowest BCUT2D eigenvalue weighted by atomic mass is 10.1. The predicted octanol–water partition coefficient (Wildman–Crippen LogP) is 3.32. The third-order valence-electron chi connectivity index (χ3n) is 3.75. The quantitative estimate of drug-likeness (QED) is 0.767. The zero-order valence-electron chi connectivity index (χ0n) is 13.7. The van der Waals surface area contributed by atoms with Crippen molar-refractivity contribution in [3.05, 3.63) is 58.8 Å². The Labute approximate surface area is 143 Å². The van der Waals surface area contributed by atoms with Crippen molar-refractivity contribution in [3.63, 3.8) is 0 Å². The standard InChI is InChI=1S/C19H16O6/c1-11(19(21)22)24-18-16(20)14-5-3-4-6-15(14)25-17(18)12-7-9-13(23-2)10-8-12/h3-11H,1-2H3,(H,21,22). The summed E-state index contributed by atoms with van der Waals surface area (Å²) in [5.41, 5.74) is 0.561. The van der Waals surface area contributed by atoms with Gasteiger partial charge in [0.05, 0.1) is 12.5 Å². The lowest BCUT2D eigenvalue weighted by Gasteiger charge is -2.14. The van der Waals surface area contributed by atoms with E-state index in [1.54, 1.807) is 55.6 Å². The summed E-state index contributed by atoms with van der Waals surface area (Å²) in [4.78, 5) is 23.9. The summed E-state index contributed by atoms with van der Waals surface area (Å²) < 4.78 is 16.4. The van der Waals surface area contributed by atoms with Crippen molar-refractivity contribution >= 4 is 16.9 Å². The molecule has 1 N–H and O–H groups in total. The maximum absolute atomic E-state index is 12.8. The minimum absolute atomic E-state index is 0.126. The summed E-state index contributed by atoms with van der Waals surface area (Å²) >= 11 is 0. The zero-order chi connectivity index (χ0) is 18.0. The fraction of sp³-hybridized carbons (Fsp3) is 0.158. The number of methoxy groups -OCH3 is 1. The molecule has 1 unspecified atom stereocenters. The van der Waals surface area contributed by atoms with Crippen LogP contribution in [0.5, 0.6) is 11.5 Å². The Morgan fingerprint density at radius 2 is 1.80 bits per heavy atom. The van der Waals surface area contributed by atoms with Gasteiger partial charge in [-0.15, -0.1) is 0 Å². The van der Waals surface area contributed by atoms with Crippen LogP contribution in [0.3, 0.4) is 0 Å². The molecule has 0 saturated carbocycles. The van der Waals surface area contributed by atoms with Crippen molar-refractivity contribution in [2.24, 2.45) is 0 Å². The van der Waals surface area contributed by atoms with Crippen LogP contribution in [-0.4, -0.2) is 24.3 Å². The summed E-state index contributed by atoms with van der Waals surface area (Å²) in [5.74, 6) is -0.472. The van der Waals surface area contributed by atoms with E-state index in [9.17, 15) is 9.59 Å². The fourth-order valence-electron chi connectivity index (χ4n) is 2.39. The molecule has 1 atom stereocenters. The Morgan fingerprint density at radius 3 is 2.44 bits per heavy atom. The number of ether oxygens (including phenoxy) is 2. The minimum atomic E-state index is -1.19. The molecular formula is C19H16O6. The van der Waals surface area contributed by atoms with E-state index in [1.165, 1.54) is 6.92 Å². The van der Waals surface area contributed by atoms with Gasteiger partial charge in [0, 0.05) is 5.56 Å². The zero-order valence-corrected chi connectivity index (χ0v) is 13.7. The number of carbonyl (C=O) groups is 1. The molecule has 6 nitrogen and oxygen atoms in total. The molecule has 3 rings (SSSR count). The Bertz CT molecular complexity index is 971. The predicted molar refractivity (Wildman–Crippen MR) is 92.2 cm³/mol. The number of hydrogen-bond donors (Lipinski definition) is 1. The molecule has 3 aromatic rings. The molecule has 0 bridgehead atoms. The Kier molecular flexibility index (Phi) is 4.43. The van der Waals surface area contributed by atoms with Crippen LogP contribution in [0, 0.1) is 0 Å². The van der Waals surface area contributed by atoms with Crippen molar-refractivity contribution in [3.8, 4) is 22.8 Å². The average Bonchev–Trinajstić information content (AvgIpc) is 2.63. The number of aliphatic carboxylic acids is 1. The van der Waals surface area contributed by atoms with Gasteiger partial charge in [0.15, 0.2) is 11.9 Å². The van der Waals surface area contributed by atoms with Gasteiger partial charge in [0.25, 0.3) is 0 Å². The molecule has 0 saturated heterocycles. The van der Waals surface area contributed by atoms with Crippen LogP contribution < -0.4 is 14.9 Å². The maximum atomic E-state index is 12.8. The summed E-state index contributed by atoms with van der Waals surface area (Å²) in [7, 11) is 1.55. The number of benzene rings is 2. The smallest absolute Gasteiger partial charge is 0.344 e. The Morgan fingerprint density at radius 1 is 1.12 bits per heavy atom. The highest BCUT2D eigenvalue weighted by Crippen LogP contribution is 2.32. The summed E-state index contributed by atoms with van der Waals surface area (Å²) in [5, 5.41) is 9.43. The van der Waals surface area contributed by atoms with Crippen LogP contribution in [0.1, 0.15) is 6.92 Å². The van der Waals surface area contributed by atoms with Crippen molar-refractivity contribution in [1.82, 2.24) is 0 Å². The van der Waals surface area contributed by atoms with Crippen LogP contribution in [0.15, 0.2) is 57.7 Å². The second-order valence-electron chi connectivity index (χ2n) is 5.41. The third-order valence-corrected chi connectivity index (χ3v) is 3.75. The minimum Gasteiger partial charge on any atom is -0.497 e. The first kappa shape index (κ1) is 16.6. The van der Waals surface area contributed by atoms with Gasteiger partial charge in [0.2, 0.25) is 11.2 Å². The van der Waals surface area contributed by atoms with Crippen molar-refractivity contribution in [1.29, 1.82) is 0 Å². The number of para-hydroxylation sites is 1. The maximum Gasteiger partial charge on any atom is 0.344 e. The van der Waals surface area contributed by atoms with Gasteiger partial charge >= 0.3 is 5.97 Å². The second kappa shape index (κ2) is 6.68. The number of carboxylic acid groups (broad SMARTS) is 1. The number of hydrogen-bond acceptors (Lipinski definition) is 5. The van der Waals surface area contributed by atoms with Gasteiger partial charge in [-0.1, -0.05) is 12.1 Å². The average molecular weight is 340 g/mol. The van der Waals surface area contributed by atoms with Crippen molar-refractivity contribution in [2.45, 2.75) is 13.0 Å². The molecule has 2 aromatic carbocycles. The molecule has 0 radical (unpaired) electrons. The van der Waals surface area contributed by atoms with Gasteiger partial charge in [0.1, 0.15) is 11.3 Å². The topological polar surface area (TPSA) is 86.0 Å². The number of rotatable bonds is 5. The monoisotopic (exact) mass is 340 g/mol. The molecule has 1 aromatic heterocycles. The highest BCUT2D eigenvalue weighted by atomic mass is 16.5. The molecule has 25 heavy (non-hydrogen) atoms. The third kappa shape index (κ3) is 3.19. The molecular weight excluding hydrogens is 324 g/mol. The first-order valence-corrected chi connectivity index (χ1v) is 7.61. The van der Waals surface area contributed by atoms with E-state index in [0.717, 1.165) is 0 Å². The highest BCUT2D eigenvalue weighted by Gasteiger charge is 2.22. The highest BCUT2D eigenvalue weighted by molar-refractivity contribution is 5.82. The molecule has 0 aliphatic carbocycles. The van der Waals surface area contributed by atoms with Gasteiger partial charge in [-0.05, 0) is 43.3 Å². The van der Waals surface area contributed by atoms with Gasteiger partial charge in [-0.3, -0.25) is 4.79 Å².